The molecular weight excluding hydrogens is 1480 g/mol. The zero-order valence-electron chi connectivity index (χ0n) is 53.2. The fourth-order valence-corrected chi connectivity index (χ4v) is 11.0. The van der Waals surface area contributed by atoms with Gasteiger partial charge in [0.2, 0.25) is 37.8 Å². The summed E-state index contributed by atoms with van der Waals surface area (Å²) in [5, 5.41) is 16.7. The predicted octanol–water partition coefficient (Wildman–Crippen LogP) is 1.00. The Balaban J connectivity index is 0.00000149. The third-order valence-electron chi connectivity index (χ3n) is 12.2. The zero-order valence-corrected chi connectivity index (χ0v) is 68.1. The van der Waals surface area contributed by atoms with Gasteiger partial charge in [0.05, 0.1) is 55.1 Å². The van der Waals surface area contributed by atoms with E-state index < -0.39 is 85.7 Å². The first-order valence-electron chi connectivity index (χ1n) is 26.0. The van der Waals surface area contributed by atoms with E-state index in [4.69, 9.17) is 51.4 Å². The monoisotopic (exact) mass is 1560 g/mol. The van der Waals surface area contributed by atoms with Gasteiger partial charge in [-0.05, 0) is 102 Å². The van der Waals surface area contributed by atoms with Gasteiger partial charge in [0.1, 0.15) is 58.2 Å². The SMILES string of the molecule is CN1C(N(COCC[Si](C)(C)C)C(=O)OC(C)(C)C)=N[C@](C)(c2cc(/C=C(\F)c3cnc(Cl)cn3)ccc2F)CS1(=O)=O.COC(C)CO.COC(C)COc1cnc(/C(F)=C/c2ccc(F)c([C@]3(C)CS(=O)(=O)N(C)C(N)=N3)c2)cn1.O=CO[O-].[Cs+].[Cs+].[H-]. The van der Waals surface area contributed by atoms with Crippen LogP contribution < -0.4 is 154 Å². The molecule has 2 aliphatic heterocycles. The Bertz CT molecular complexity index is 3310. The second-order valence-electron chi connectivity index (χ2n) is 21.8. The maximum atomic E-state index is 15.4. The van der Waals surface area contributed by atoms with Crippen molar-refractivity contribution in [3.8, 4) is 5.88 Å². The van der Waals surface area contributed by atoms with E-state index in [-0.39, 0.29) is 234 Å². The summed E-state index contributed by atoms with van der Waals surface area (Å²) in [6, 6.07) is 8.35. The molecule has 0 bridgehead atoms. The molecule has 3 N–H and O–H groups in total. The molecule has 0 fully saturated rings. The maximum absolute atomic E-state index is 15.4. The fraction of sp³-hybridized carbons (Fsp3) is 0.481. The number of halogens is 5. The minimum Gasteiger partial charge on any atom is -1.00 e. The maximum Gasteiger partial charge on any atom is 1.00 e. The van der Waals surface area contributed by atoms with E-state index >= 15 is 4.39 Å². The Labute approximate surface area is 636 Å². The number of rotatable bonds is 18. The van der Waals surface area contributed by atoms with Gasteiger partial charge in [0.15, 0.2) is 11.7 Å². The number of nitrogens with zero attached hydrogens (tertiary/aromatic N) is 9. The van der Waals surface area contributed by atoms with Crippen molar-refractivity contribution in [1.29, 1.82) is 0 Å². The molecule has 6 rings (SSSR count). The number of carbonyl (C=O) groups is 2. The third kappa shape index (κ3) is 26.4. The van der Waals surface area contributed by atoms with Gasteiger partial charge in [-0.15, -0.1) is 0 Å². The average molecular weight is 1560 g/mol. The van der Waals surface area contributed by atoms with Gasteiger partial charge in [-0.3, -0.25) is 4.79 Å². The van der Waals surface area contributed by atoms with E-state index in [1.165, 1.54) is 70.8 Å². The summed E-state index contributed by atoms with van der Waals surface area (Å²) in [6.45, 7) is 18.2. The number of hydrogen-bond donors (Lipinski definition) is 2. The van der Waals surface area contributed by atoms with Crippen molar-refractivity contribution in [1.82, 2.24) is 33.4 Å². The minimum atomic E-state index is -4.12. The minimum absolute atomic E-state index is 0. The number of aliphatic imine (C=N–C) groups is 2. The molecule has 0 saturated carbocycles. The summed E-state index contributed by atoms with van der Waals surface area (Å²) in [5.41, 5.74) is 1.87. The van der Waals surface area contributed by atoms with E-state index in [2.05, 4.69) is 59.2 Å². The van der Waals surface area contributed by atoms with Crippen LogP contribution in [0.4, 0.5) is 22.4 Å². The summed E-state index contributed by atoms with van der Waals surface area (Å²) >= 11 is 5.73. The van der Waals surface area contributed by atoms with Crippen molar-refractivity contribution in [2.24, 2.45) is 15.7 Å². The van der Waals surface area contributed by atoms with Crippen molar-refractivity contribution in [2.45, 2.75) is 103 Å². The van der Waals surface area contributed by atoms with E-state index in [0.717, 1.165) is 50.0 Å². The largest absolute Gasteiger partial charge is 1.00 e. The quantitative estimate of drug-likeness (QED) is 0.0267. The number of carbonyl (C=O) groups excluding carboxylic acids is 2. The van der Waals surface area contributed by atoms with Crippen LogP contribution in [0.25, 0.3) is 23.8 Å². The predicted molar refractivity (Wildman–Crippen MR) is 318 cm³/mol. The number of nitrogens with two attached hydrogens (primary N) is 1. The van der Waals surface area contributed by atoms with E-state index in [9.17, 15) is 34.8 Å². The number of methoxy groups -OCH3 is 2. The molecule has 0 saturated heterocycles. The van der Waals surface area contributed by atoms with Crippen LogP contribution in [0, 0.1) is 11.6 Å². The first-order chi connectivity index (χ1) is 39.9. The third-order valence-corrected chi connectivity index (χ3v) is 18.0. The van der Waals surface area contributed by atoms with Crippen LogP contribution in [0.15, 0.2) is 71.2 Å². The van der Waals surface area contributed by atoms with Crippen LogP contribution in [0.2, 0.25) is 30.8 Å². The molecule has 4 aromatic rings. The number of hydrogen-bond acceptors (Lipinski definition) is 21. The van der Waals surface area contributed by atoms with Crippen molar-refractivity contribution >= 4 is 88.0 Å². The topological polar surface area (TPSA) is 313 Å². The number of ether oxygens (including phenoxy) is 5. The molecule has 34 heteroatoms. The molecule has 0 spiro atoms. The fourth-order valence-electron chi connectivity index (χ4n) is 7.23. The molecule has 4 heterocycles. The standard InChI is InChI=1S/C28H38ClF2N5O5SSi.C21H25F2N5O4S.C4H10O2.CH2O3.2Cs.H/c1-27(2,3)41-26(37)36(18-40-11-12-43(6,7)8)25-34-28(4,17-42(38,39)35(25)5)20-13-19(9-10-21(20)30)14-22(31)23-15-33-24(29)16-32-23;1-13(31-4)11-32-19-10-25-18(9-26-19)17(23)8-14-5-6-16(22)15(7-14)21(2)12-33(29,30)28(3)20(24)27-21;1-4(3-5)6-2;2-1-4-3;;;/h9-10,13-16H,11-12,17-18H2,1-8H3;5-10,13H,11-12H2,1-4H3,(H2,24,27);4-5H,3H2,1-2H3;1,3H;;;/q;;;;2*+1;-1/p-1/b22-14-;17-8-;;;;;/t28-;13?,21-;;;;;/m00...../s1. The number of amides is 1. The summed E-state index contributed by atoms with van der Waals surface area (Å²) in [4.78, 5) is 50.1. The first kappa shape index (κ1) is 83.4. The van der Waals surface area contributed by atoms with Crippen LogP contribution in [-0.2, 0) is 59.8 Å². The second kappa shape index (κ2) is 37.3. The van der Waals surface area contributed by atoms with Gasteiger partial charge in [0.25, 0.3) is 6.47 Å². The van der Waals surface area contributed by atoms with Gasteiger partial charge in [0, 0.05) is 54.1 Å². The van der Waals surface area contributed by atoms with E-state index in [0.29, 0.717) is 6.61 Å². The number of aliphatic hydroxyl groups excluding tert-OH is 1. The summed E-state index contributed by atoms with van der Waals surface area (Å²) in [7, 11) is -3.74. The molecule has 0 radical (unpaired) electrons. The number of benzene rings is 2. The van der Waals surface area contributed by atoms with Crippen LogP contribution in [0.5, 0.6) is 5.88 Å². The normalized spacial score (nSPS) is 18.6. The van der Waals surface area contributed by atoms with E-state index in [1.807, 2.05) is 6.92 Å². The van der Waals surface area contributed by atoms with Crippen LogP contribution in [0.1, 0.15) is 83.5 Å². The Morgan fingerprint density at radius 3 is 1.72 bits per heavy atom. The van der Waals surface area contributed by atoms with Crippen molar-refractivity contribution < 1.29 is 222 Å². The first-order valence-corrected chi connectivity index (χ1v) is 33.3. The van der Waals surface area contributed by atoms with Gasteiger partial charge in [-0.2, -0.15) is 0 Å². The van der Waals surface area contributed by atoms with Crippen LogP contribution in [-0.4, -0.2) is 172 Å². The Morgan fingerprint density at radius 2 is 1.32 bits per heavy atom. The van der Waals surface area contributed by atoms with Crippen molar-refractivity contribution in [2.75, 3.05) is 66.4 Å². The smallest absolute Gasteiger partial charge is 1.00 e. The molecule has 0 aliphatic carbocycles. The summed E-state index contributed by atoms with van der Waals surface area (Å²) < 4.78 is 140. The molecule has 2 unspecified atom stereocenters. The number of aliphatic hydroxyl groups is 1. The zero-order chi connectivity index (χ0) is 65.2. The number of guanidine groups is 2. The van der Waals surface area contributed by atoms with Crippen LogP contribution >= 0.6 is 11.6 Å². The van der Waals surface area contributed by atoms with Gasteiger partial charge in [-0.25, -0.2) is 82.6 Å². The van der Waals surface area contributed by atoms with Crippen molar-refractivity contribution in [3.63, 3.8) is 0 Å². The Hall–Kier alpha value is -2.61. The second-order valence-corrected chi connectivity index (χ2v) is 31.8. The number of sulfonamides is 2. The Morgan fingerprint density at radius 1 is 0.841 bits per heavy atom. The number of aromatic nitrogens is 4. The molecular formula is C54H75ClCs2F4N10O14S2Si. The van der Waals surface area contributed by atoms with Gasteiger partial charge >= 0.3 is 144 Å². The van der Waals surface area contributed by atoms with Crippen LogP contribution in [0.3, 0.4) is 0 Å². The summed E-state index contributed by atoms with van der Waals surface area (Å²) in [6.07, 6.45) is 6.04. The summed E-state index contributed by atoms with van der Waals surface area (Å²) in [5.74, 6) is -4.37. The molecule has 88 heavy (non-hydrogen) atoms. The molecule has 24 nitrogen and oxygen atoms in total. The van der Waals surface area contributed by atoms with E-state index in [1.54, 1.807) is 41.9 Å². The van der Waals surface area contributed by atoms with Crippen molar-refractivity contribution in [3.05, 3.63) is 112 Å². The Kier molecular flexibility index (Phi) is 35.4. The molecule has 4 atom stereocenters. The van der Waals surface area contributed by atoms with Gasteiger partial charge in [-0.1, -0.05) is 43.4 Å². The molecule has 2 aromatic heterocycles. The average Bonchev–Trinajstić information content (AvgIpc) is 1.09. The van der Waals surface area contributed by atoms with Gasteiger partial charge < -0.3 is 46.1 Å². The molecule has 1 amide bonds. The molecule has 2 aromatic carbocycles. The molecule has 478 valence electrons. The molecule has 2 aliphatic rings.